The van der Waals surface area contributed by atoms with Crippen LogP contribution in [0.5, 0.6) is 5.75 Å². The second-order valence-corrected chi connectivity index (χ2v) is 12.5. The molecule has 2 atom stereocenters. The van der Waals surface area contributed by atoms with Crippen LogP contribution in [-0.2, 0) is 25.4 Å². The van der Waals surface area contributed by atoms with Crippen molar-refractivity contribution < 1.29 is 23.4 Å². The van der Waals surface area contributed by atoms with Gasteiger partial charge in [0.1, 0.15) is 35.6 Å². The number of carbonyl (C=O) groups is 1. The number of nitrogens with zero attached hydrogens (tertiary/aromatic N) is 4. The average molecular weight is 565 g/mol. The fourth-order valence-electron chi connectivity index (χ4n) is 4.29. The van der Waals surface area contributed by atoms with Gasteiger partial charge >= 0.3 is 13.5 Å². The highest BCUT2D eigenvalue weighted by Gasteiger charge is 2.40. The van der Waals surface area contributed by atoms with Crippen molar-refractivity contribution in [1.82, 2.24) is 24.6 Å². The van der Waals surface area contributed by atoms with Gasteiger partial charge in [-0.1, -0.05) is 18.0 Å². The quantitative estimate of drug-likeness (QED) is 0.243. The molecule has 0 radical (unpaired) electrons. The highest BCUT2D eigenvalue weighted by molar-refractivity contribution is 7.57. The van der Waals surface area contributed by atoms with Gasteiger partial charge in [-0.15, -0.1) is 0 Å². The fourth-order valence-corrected chi connectivity index (χ4v) is 6.43. The summed E-state index contributed by atoms with van der Waals surface area (Å²) in [6, 6.07) is 6.47. The van der Waals surface area contributed by atoms with Crippen LogP contribution in [0.1, 0.15) is 52.9 Å². The Balaban J connectivity index is 1.46. The lowest BCUT2D eigenvalue weighted by Crippen LogP contribution is -2.48. The first-order valence-electron chi connectivity index (χ1n) is 12.6. The molecular formula is C25H34ClN6O5P. The average Bonchev–Trinajstić information content (AvgIpc) is 3.28. The van der Waals surface area contributed by atoms with Crippen molar-refractivity contribution in [2.75, 3.05) is 12.1 Å². The third kappa shape index (κ3) is 7.22. The van der Waals surface area contributed by atoms with Crippen molar-refractivity contribution in [2.24, 2.45) is 0 Å². The molecule has 1 aliphatic carbocycles. The molecule has 3 aromatic rings. The molecule has 206 valence electrons. The molecule has 4 rings (SSSR count). The minimum atomic E-state index is -3.77. The van der Waals surface area contributed by atoms with Gasteiger partial charge in [0.25, 0.3) is 0 Å². The van der Waals surface area contributed by atoms with E-state index < -0.39 is 25.1 Å². The minimum Gasteiger partial charge on any atom is -0.461 e. The number of benzene rings is 1. The maximum Gasteiger partial charge on any atom is 0.342 e. The van der Waals surface area contributed by atoms with Gasteiger partial charge in [0.2, 0.25) is 0 Å². The molecular weight excluding hydrogens is 531 g/mol. The molecule has 1 aliphatic rings. The maximum absolute atomic E-state index is 14.1. The van der Waals surface area contributed by atoms with Crippen LogP contribution in [0.4, 0.5) is 5.82 Å². The Kier molecular flexibility index (Phi) is 8.92. The number of hydrogen-bond acceptors (Lipinski definition) is 9. The lowest BCUT2D eigenvalue weighted by Gasteiger charge is -2.32. The van der Waals surface area contributed by atoms with Gasteiger partial charge in [-0.3, -0.25) is 9.36 Å². The van der Waals surface area contributed by atoms with E-state index in [1.54, 1.807) is 49.0 Å². The Labute approximate surface area is 226 Å². The van der Waals surface area contributed by atoms with Gasteiger partial charge in [0.15, 0.2) is 11.5 Å². The van der Waals surface area contributed by atoms with Crippen molar-refractivity contribution in [3.63, 3.8) is 0 Å². The lowest BCUT2D eigenvalue weighted by atomic mass is 9.97. The van der Waals surface area contributed by atoms with Crippen LogP contribution >= 0.6 is 19.1 Å². The Morgan fingerprint density at radius 1 is 1.21 bits per heavy atom. The number of carbonyl (C=O) groups excluding carboxylic acids is 1. The van der Waals surface area contributed by atoms with Crippen molar-refractivity contribution >= 4 is 42.1 Å². The highest BCUT2D eigenvalue weighted by atomic mass is 35.5. The fraction of sp³-hybridized carbons (Fsp3) is 0.520. The number of hydrogen-bond donors (Lipinski definition) is 2. The third-order valence-electron chi connectivity index (χ3n) is 6.26. The van der Waals surface area contributed by atoms with Gasteiger partial charge in [-0.05, 0) is 70.7 Å². The Hall–Kier alpha value is -2.72. The van der Waals surface area contributed by atoms with Crippen LogP contribution in [0.25, 0.3) is 11.2 Å². The zero-order chi connectivity index (χ0) is 27.3. The van der Waals surface area contributed by atoms with E-state index >= 15 is 0 Å². The molecule has 2 unspecified atom stereocenters. The van der Waals surface area contributed by atoms with Gasteiger partial charge in [-0.25, -0.2) is 20.0 Å². The Morgan fingerprint density at radius 2 is 1.92 bits per heavy atom. The molecule has 0 aliphatic heterocycles. The Morgan fingerprint density at radius 3 is 2.63 bits per heavy atom. The van der Waals surface area contributed by atoms with E-state index in [1.165, 1.54) is 6.33 Å². The highest BCUT2D eigenvalue weighted by Crippen LogP contribution is 2.46. The smallest absolute Gasteiger partial charge is 0.342 e. The summed E-state index contributed by atoms with van der Waals surface area (Å²) in [5.74, 6) is 0.125. The molecule has 0 bridgehead atoms. The van der Waals surface area contributed by atoms with Crippen molar-refractivity contribution in [3.8, 4) is 5.75 Å². The van der Waals surface area contributed by atoms with E-state index in [9.17, 15) is 9.36 Å². The van der Waals surface area contributed by atoms with Gasteiger partial charge in [0.05, 0.1) is 19.0 Å². The number of nitrogen functional groups attached to an aromatic ring is 1. The number of nitrogens with one attached hydrogen (secondary N) is 1. The van der Waals surface area contributed by atoms with Crippen LogP contribution in [0, 0.1) is 0 Å². The maximum atomic E-state index is 14.1. The molecule has 38 heavy (non-hydrogen) atoms. The van der Waals surface area contributed by atoms with Crippen molar-refractivity contribution in [2.45, 2.75) is 77.2 Å². The zero-order valence-corrected chi connectivity index (χ0v) is 23.5. The zero-order valence-electron chi connectivity index (χ0n) is 21.8. The van der Waals surface area contributed by atoms with E-state index in [0.29, 0.717) is 28.5 Å². The summed E-state index contributed by atoms with van der Waals surface area (Å²) >= 11 is 5.99. The molecule has 2 heterocycles. The Bertz CT molecular complexity index is 1300. The van der Waals surface area contributed by atoms with Crippen LogP contribution in [0.15, 0.2) is 36.9 Å². The summed E-state index contributed by atoms with van der Waals surface area (Å²) < 4.78 is 33.5. The first-order chi connectivity index (χ1) is 18.0. The van der Waals surface area contributed by atoms with E-state index in [1.807, 2.05) is 6.92 Å². The molecule has 1 fully saturated rings. The predicted molar refractivity (Wildman–Crippen MR) is 145 cm³/mol. The first-order valence-corrected chi connectivity index (χ1v) is 14.8. The SMILES string of the molecule is CC(Cn1cnc2c(N)ncnc21)OCP(=O)(NC(C)(C)C(=O)OC1CCCCC1)Oc1ccc(Cl)cc1. The second-order valence-electron chi connectivity index (χ2n) is 10.1. The number of imidazole rings is 1. The van der Waals surface area contributed by atoms with Crippen LogP contribution < -0.4 is 15.3 Å². The molecule has 0 spiro atoms. The molecule has 3 N–H and O–H groups in total. The van der Waals surface area contributed by atoms with E-state index in [4.69, 9.17) is 31.3 Å². The second kappa shape index (κ2) is 12.0. The molecule has 13 heteroatoms. The standard InChI is InChI=1S/C25H34ClN6O5P/c1-17(13-32-15-30-21-22(27)28-14-29-23(21)32)35-16-38(34,37-20-11-9-18(26)10-12-20)31-25(2,3)24(33)36-19-7-5-4-6-8-19/h9-12,14-15,17,19H,4-8,13,16H2,1-3H3,(H,31,34)(H2,27,28,29). The number of aromatic nitrogens is 4. The largest absolute Gasteiger partial charge is 0.461 e. The molecule has 11 nitrogen and oxygen atoms in total. The summed E-state index contributed by atoms with van der Waals surface area (Å²) in [6.07, 6.45) is 6.99. The molecule has 0 saturated heterocycles. The molecule has 1 saturated carbocycles. The number of rotatable bonds is 11. The minimum absolute atomic E-state index is 0.131. The molecule has 1 aromatic carbocycles. The van der Waals surface area contributed by atoms with E-state index in [0.717, 1.165) is 32.1 Å². The monoisotopic (exact) mass is 564 g/mol. The van der Waals surface area contributed by atoms with Crippen LogP contribution in [0.3, 0.4) is 0 Å². The normalized spacial score (nSPS) is 17.2. The van der Waals surface area contributed by atoms with Crippen molar-refractivity contribution in [1.29, 1.82) is 0 Å². The molecule has 2 aromatic heterocycles. The van der Waals surface area contributed by atoms with Gasteiger partial charge in [0, 0.05) is 5.02 Å². The lowest BCUT2D eigenvalue weighted by molar-refractivity contribution is -0.156. The number of fused-ring (bicyclic) bond motifs is 1. The van der Waals surface area contributed by atoms with Crippen LogP contribution in [-0.4, -0.2) is 49.6 Å². The predicted octanol–water partition coefficient (Wildman–Crippen LogP) is 4.94. The number of esters is 1. The summed E-state index contributed by atoms with van der Waals surface area (Å²) in [6.45, 7) is 5.44. The van der Waals surface area contributed by atoms with Gasteiger partial charge < -0.3 is 24.3 Å². The first kappa shape index (κ1) is 28.3. The van der Waals surface area contributed by atoms with Crippen molar-refractivity contribution in [3.05, 3.63) is 41.9 Å². The van der Waals surface area contributed by atoms with Crippen LogP contribution in [0.2, 0.25) is 5.02 Å². The summed E-state index contributed by atoms with van der Waals surface area (Å²) in [4.78, 5) is 25.5. The summed E-state index contributed by atoms with van der Waals surface area (Å²) in [5, 5.41) is 3.43. The number of anilines is 1. The number of ether oxygens (including phenoxy) is 2. The number of nitrogens with two attached hydrogens (primary N) is 1. The topological polar surface area (TPSA) is 143 Å². The summed E-state index contributed by atoms with van der Waals surface area (Å²) in [7, 11) is -3.77. The van der Waals surface area contributed by atoms with E-state index in [-0.39, 0.29) is 18.3 Å². The van der Waals surface area contributed by atoms with Gasteiger partial charge in [-0.2, -0.15) is 0 Å². The third-order valence-corrected chi connectivity index (χ3v) is 8.41. The summed E-state index contributed by atoms with van der Waals surface area (Å²) in [5.41, 5.74) is 5.65. The number of halogens is 1. The van der Waals surface area contributed by atoms with E-state index in [2.05, 4.69) is 20.0 Å². The molecule has 0 amide bonds.